The summed E-state index contributed by atoms with van der Waals surface area (Å²) in [5.74, 6) is -2.01. The van der Waals surface area contributed by atoms with Crippen LogP contribution in [0.15, 0.2) is 30.3 Å². The fourth-order valence-electron chi connectivity index (χ4n) is 3.74. The maximum absolute atomic E-state index is 12.7. The van der Waals surface area contributed by atoms with E-state index >= 15 is 0 Å². The summed E-state index contributed by atoms with van der Waals surface area (Å²) in [5.41, 5.74) is 0.987. The minimum Gasteiger partial charge on any atom is -0.461 e. The maximum Gasteiger partial charge on any atom is 0.328 e. The largest absolute Gasteiger partial charge is 0.461 e. The van der Waals surface area contributed by atoms with Crippen molar-refractivity contribution in [1.82, 2.24) is 5.32 Å². The molecule has 3 atom stereocenters. The van der Waals surface area contributed by atoms with Crippen molar-refractivity contribution in [3.8, 4) is 0 Å². The van der Waals surface area contributed by atoms with Crippen LogP contribution in [-0.2, 0) is 18.9 Å². The van der Waals surface area contributed by atoms with E-state index in [-0.39, 0.29) is 18.4 Å². The van der Waals surface area contributed by atoms with Gasteiger partial charge in [0, 0.05) is 5.92 Å². The minimum atomic E-state index is -4.40. The third-order valence-corrected chi connectivity index (χ3v) is 6.30. The molecule has 1 fully saturated rings. The van der Waals surface area contributed by atoms with E-state index in [1.54, 1.807) is 0 Å². The van der Waals surface area contributed by atoms with Gasteiger partial charge in [-0.15, -0.1) is 0 Å². The Kier molecular flexibility index (Phi) is 8.87. The molecule has 1 aliphatic carbocycles. The van der Waals surface area contributed by atoms with Gasteiger partial charge in [-0.05, 0) is 50.5 Å². The highest BCUT2D eigenvalue weighted by Crippen LogP contribution is 2.39. The highest BCUT2D eigenvalue weighted by molar-refractivity contribution is 7.51. The van der Waals surface area contributed by atoms with Crippen LogP contribution in [0.3, 0.4) is 0 Å². The zero-order valence-corrected chi connectivity index (χ0v) is 18.0. The highest BCUT2D eigenvalue weighted by atomic mass is 31.2. The van der Waals surface area contributed by atoms with Crippen LogP contribution in [0.4, 0.5) is 0 Å². The molecular formula is C21H32NO6P. The first-order valence-electron chi connectivity index (χ1n) is 10.3. The lowest BCUT2D eigenvalue weighted by molar-refractivity contribution is -0.154. The quantitative estimate of drug-likeness (QED) is 0.413. The standard InChI is InChI=1S/C21H32NO6P/c1-15(17-9-5-3-6-10-17)13-18(14-29(25,26)27)20(23)22-16(2)21(24)28-19-11-7-4-8-12-19/h3,5-6,9-10,15-16,18-19H,4,7-8,11-14H2,1-2H3,(H,22,23)(H2,25,26,27)/t15-,16+,18?/m1/s1. The first kappa shape index (κ1) is 23.6. The number of carbonyl (C=O) groups excluding carboxylic acids is 2. The van der Waals surface area contributed by atoms with E-state index in [4.69, 9.17) is 4.74 Å². The van der Waals surface area contributed by atoms with Crippen LogP contribution in [-0.4, -0.2) is 40.0 Å². The summed E-state index contributed by atoms with van der Waals surface area (Å²) in [6.45, 7) is 3.45. The Bertz CT molecular complexity index is 713. The molecule has 0 spiro atoms. The normalized spacial score (nSPS) is 18.5. The molecule has 1 saturated carbocycles. The number of hydrogen-bond acceptors (Lipinski definition) is 4. The lowest BCUT2D eigenvalue weighted by atomic mass is 9.90. The SMILES string of the molecule is C[C@H](NC(=O)C(C[C@@H](C)c1ccccc1)CP(=O)(O)O)C(=O)OC1CCCCC1. The lowest BCUT2D eigenvalue weighted by Gasteiger charge is -2.25. The summed E-state index contributed by atoms with van der Waals surface area (Å²) in [4.78, 5) is 43.9. The first-order chi connectivity index (χ1) is 13.7. The van der Waals surface area contributed by atoms with Crippen LogP contribution >= 0.6 is 7.60 Å². The lowest BCUT2D eigenvalue weighted by Crippen LogP contribution is -2.44. The van der Waals surface area contributed by atoms with Gasteiger partial charge >= 0.3 is 13.6 Å². The van der Waals surface area contributed by atoms with Crippen molar-refractivity contribution in [3.63, 3.8) is 0 Å². The number of esters is 1. The zero-order chi connectivity index (χ0) is 21.4. The van der Waals surface area contributed by atoms with E-state index in [9.17, 15) is 23.9 Å². The Morgan fingerprint density at radius 3 is 2.34 bits per heavy atom. The van der Waals surface area contributed by atoms with Crippen LogP contribution in [0.5, 0.6) is 0 Å². The average Bonchev–Trinajstić information content (AvgIpc) is 2.67. The third kappa shape index (κ3) is 8.29. The van der Waals surface area contributed by atoms with Crippen LogP contribution < -0.4 is 5.32 Å². The van der Waals surface area contributed by atoms with Crippen LogP contribution in [0, 0.1) is 5.92 Å². The Labute approximate surface area is 172 Å². The molecule has 3 N–H and O–H groups in total. The van der Waals surface area contributed by atoms with Gasteiger partial charge in [0.25, 0.3) is 0 Å². The van der Waals surface area contributed by atoms with Crippen molar-refractivity contribution in [1.29, 1.82) is 0 Å². The molecule has 162 valence electrons. The molecule has 1 unspecified atom stereocenters. The predicted molar refractivity (Wildman–Crippen MR) is 110 cm³/mol. The van der Waals surface area contributed by atoms with Gasteiger partial charge in [-0.2, -0.15) is 0 Å². The molecule has 1 aliphatic rings. The molecule has 0 aromatic heterocycles. The van der Waals surface area contributed by atoms with E-state index < -0.39 is 37.6 Å². The highest BCUT2D eigenvalue weighted by Gasteiger charge is 2.31. The van der Waals surface area contributed by atoms with Crippen molar-refractivity contribution in [2.24, 2.45) is 5.92 Å². The number of hydrogen-bond donors (Lipinski definition) is 3. The van der Waals surface area contributed by atoms with Gasteiger partial charge in [0.15, 0.2) is 0 Å². The summed E-state index contributed by atoms with van der Waals surface area (Å²) in [7, 11) is -4.40. The Hall–Kier alpha value is -1.69. The van der Waals surface area contributed by atoms with Crippen molar-refractivity contribution in [2.45, 2.75) is 70.4 Å². The fraction of sp³-hybridized carbons (Fsp3) is 0.619. The van der Waals surface area contributed by atoms with Gasteiger partial charge < -0.3 is 19.8 Å². The van der Waals surface area contributed by atoms with Gasteiger partial charge in [-0.1, -0.05) is 43.7 Å². The summed E-state index contributed by atoms with van der Waals surface area (Å²) in [6, 6.07) is 8.62. The fourth-order valence-corrected chi connectivity index (χ4v) is 4.62. The molecule has 0 radical (unpaired) electrons. The summed E-state index contributed by atoms with van der Waals surface area (Å²) < 4.78 is 17.0. The van der Waals surface area contributed by atoms with E-state index in [0.29, 0.717) is 0 Å². The van der Waals surface area contributed by atoms with E-state index in [1.165, 1.54) is 6.92 Å². The molecular weight excluding hydrogens is 393 g/mol. The van der Waals surface area contributed by atoms with E-state index in [2.05, 4.69) is 5.32 Å². The second-order valence-corrected chi connectivity index (χ2v) is 9.71. The molecule has 0 heterocycles. The summed E-state index contributed by atoms with van der Waals surface area (Å²) >= 11 is 0. The average molecular weight is 425 g/mol. The van der Waals surface area contributed by atoms with Crippen molar-refractivity contribution < 1.29 is 28.7 Å². The van der Waals surface area contributed by atoms with Gasteiger partial charge in [0.05, 0.1) is 6.16 Å². The van der Waals surface area contributed by atoms with E-state index in [0.717, 1.165) is 37.7 Å². The molecule has 0 saturated heterocycles. The number of amides is 1. The van der Waals surface area contributed by atoms with Gasteiger partial charge in [0.1, 0.15) is 12.1 Å². The van der Waals surface area contributed by atoms with Crippen LogP contribution in [0.1, 0.15) is 63.9 Å². The number of benzene rings is 1. The second-order valence-electron chi connectivity index (χ2n) is 8.02. The van der Waals surface area contributed by atoms with Gasteiger partial charge in [-0.3, -0.25) is 9.36 Å². The number of carbonyl (C=O) groups is 2. The monoisotopic (exact) mass is 425 g/mol. The molecule has 1 aromatic rings. The molecule has 0 bridgehead atoms. The molecule has 29 heavy (non-hydrogen) atoms. The molecule has 7 nitrogen and oxygen atoms in total. The minimum absolute atomic E-state index is 0.0667. The molecule has 1 aromatic carbocycles. The van der Waals surface area contributed by atoms with Crippen molar-refractivity contribution in [2.75, 3.05) is 6.16 Å². The molecule has 1 amide bonds. The van der Waals surface area contributed by atoms with Crippen LogP contribution in [0.2, 0.25) is 0 Å². The van der Waals surface area contributed by atoms with E-state index in [1.807, 2.05) is 37.3 Å². The zero-order valence-electron chi connectivity index (χ0n) is 17.1. The molecule has 8 heteroatoms. The van der Waals surface area contributed by atoms with Crippen LogP contribution in [0.25, 0.3) is 0 Å². The topological polar surface area (TPSA) is 113 Å². The number of ether oxygens (including phenoxy) is 1. The van der Waals surface area contributed by atoms with Gasteiger partial charge in [-0.25, -0.2) is 4.79 Å². The Balaban J connectivity index is 1.98. The smallest absolute Gasteiger partial charge is 0.328 e. The maximum atomic E-state index is 12.7. The Morgan fingerprint density at radius 2 is 1.76 bits per heavy atom. The molecule has 0 aliphatic heterocycles. The van der Waals surface area contributed by atoms with Gasteiger partial charge in [0.2, 0.25) is 5.91 Å². The Morgan fingerprint density at radius 1 is 1.14 bits per heavy atom. The third-order valence-electron chi connectivity index (χ3n) is 5.38. The number of nitrogens with one attached hydrogen (secondary N) is 1. The predicted octanol–water partition coefficient (Wildman–Crippen LogP) is 3.35. The van der Waals surface area contributed by atoms with Crippen molar-refractivity contribution >= 4 is 19.5 Å². The summed E-state index contributed by atoms with van der Waals surface area (Å²) in [6.07, 6.45) is 4.47. The molecule has 2 rings (SSSR count). The van der Waals surface area contributed by atoms with Crippen molar-refractivity contribution in [3.05, 3.63) is 35.9 Å². The summed E-state index contributed by atoms with van der Waals surface area (Å²) in [5, 5.41) is 2.59. The number of rotatable bonds is 9. The second kappa shape index (κ2) is 10.9. The first-order valence-corrected chi connectivity index (χ1v) is 12.1.